The summed E-state index contributed by atoms with van der Waals surface area (Å²) in [6, 6.07) is 8.48. The highest BCUT2D eigenvalue weighted by molar-refractivity contribution is 5.63. The van der Waals surface area contributed by atoms with Crippen LogP contribution in [0.15, 0.2) is 30.3 Å². The molecule has 0 fully saturated rings. The molecule has 2 aliphatic heterocycles. The van der Waals surface area contributed by atoms with Crippen molar-refractivity contribution < 1.29 is 49.8 Å². The summed E-state index contributed by atoms with van der Waals surface area (Å²) < 4.78 is 5.77. The Bertz CT molecular complexity index is 1020. The molecule has 0 atom stereocenters. The van der Waals surface area contributed by atoms with Crippen molar-refractivity contribution >= 4 is 17.9 Å². The first-order chi connectivity index (χ1) is 19.8. The third-order valence-corrected chi connectivity index (χ3v) is 5.96. The van der Waals surface area contributed by atoms with E-state index in [2.05, 4.69) is 0 Å². The molecule has 4 rings (SSSR count). The number of phenolic OH excluding ortho intramolecular Hbond substituents is 3. The standard InChI is InChI=1S/C26H36O4.3C2H4O2/c27-22-15-20-13-11-9-7-5-3-1-2-4-6-8-10-12-14-21-17-24(28)26(25(29)18-21)30-23(16-20)19-22;3*1-2(3)4/h15-19,27-29H,1-14H2;3*1H3,(H,3,4). The van der Waals surface area contributed by atoms with Crippen LogP contribution in [0.25, 0.3) is 0 Å². The van der Waals surface area contributed by atoms with Gasteiger partial charge in [0.25, 0.3) is 17.9 Å². The molecule has 6 N–H and O–H groups in total. The van der Waals surface area contributed by atoms with Crippen molar-refractivity contribution in [3.63, 3.8) is 0 Å². The quantitative estimate of drug-likeness (QED) is 0.178. The fourth-order valence-electron chi connectivity index (χ4n) is 4.29. The van der Waals surface area contributed by atoms with Gasteiger partial charge < -0.3 is 35.4 Å². The van der Waals surface area contributed by atoms with Crippen LogP contribution in [-0.2, 0) is 27.2 Å². The Morgan fingerprint density at radius 1 is 0.524 bits per heavy atom. The average molecular weight is 593 g/mol. The van der Waals surface area contributed by atoms with Crippen molar-refractivity contribution in [3.8, 4) is 28.7 Å². The molecule has 0 aliphatic carbocycles. The number of phenols is 3. The minimum absolute atomic E-state index is 0.0393. The first kappa shape index (κ1) is 38.0. The molecular formula is C32H48O10. The van der Waals surface area contributed by atoms with Gasteiger partial charge in [-0.1, -0.05) is 64.2 Å². The van der Waals surface area contributed by atoms with Gasteiger partial charge in [0.15, 0.2) is 11.5 Å². The second-order valence-corrected chi connectivity index (χ2v) is 10.2. The van der Waals surface area contributed by atoms with E-state index in [1.807, 2.05) is 6.07 Å². The lowest BCUT2D eigenvalue weighted by atomic mass is 10.0. The van der Waals surface area contributed by atoms with Gasteiger partial charge >= 0.3 is 0 Å². The van der Waals surface area contributed by atoms with Crippen LogP contribution in [0, 0.1) is 0 Å². The first-order valence-electron chi connectivity index (χ1n) is 14.5. The maximum absolute atomic E-state index is 10.4. The second-order valence-electron chi connectivity index (χ2n) is 10.2. The van der Waals surface area contributed by atoms with E-state index in [1.165, 1.54) is 70.3 Å². The van der Waals surface area contributed by atoms with E-state index in [0.717, 1.165) is 57.6 Å². The summed E-state index contributed by atoms with van der Waals surface area (Å²) in [5.74, 6) is -2.05. The van der Waals surface area contributed by atoms with Crippen LogP contribution in [-0.4, -0.2) is 48.5 Å². The number of fused-ring (bicyclic) bond motifs is 15. The number of aromatic hydroxyl groups is 3. The van der Waals surface area contributed by atoms with Crippen LogP contribution in [0.5, 0.6) is 28.7 Å². The Balaban J connectivity index is 0.00000119. The molecule has 0 saturated carbocycles. The number of hydrogen-bond acceptors (Lipinski definition) is 7. The molecule has 42 heavy (non-hydrogen) atoms. The largest absolute Gasteiger partial charge is 0.508 e. The van der Waals surface area contributed by atoms with Crippen LogP contribution in [0.3, 0.4) is 0 Å². The zero-order valence-corrected chi connectivity index (χ0v) is 25.1. The molecule has 2 aromatic carbocycles. The summed E-state index contributed by atoms with van der Waals surface area (Å²) in [4.78, 5) is 27.0. The van der Waals surface area contributed by atoms with Gasteiger partial charge in [0, 0.05) is 26.8 Å². The molecule has 0 amide bonds. The molecular weight excluding hydrogens is 544 g/mol. The Kier molecular flexibility index (Phi) is 20.6. The van der Waals surface area contributed by atoms with Crippen molar-refractivity contribution in [1.29, 1.82) is 0 Å². The predicted octanol–water partition coefficient (Wildman–Crippen LogP) is 7.65. The van der Waals surface area contributed by atoms with E-state index in [1.54, 1.807) is 18.2 Å². The van der Waals surface area contributed by atoms with Crippen LogP contribution in [0.2, 0.25) is 0 Å². The van der Waals surface area contributed by atoms with Gasteiger partial charge in [0.2, 0.25) is 5.75 Å². The topological polar surface area (TPSA) is 182 Å². The number of carbonyl (C=O) groups is 3. The van der Waals surface area contributed by atoms with Gasteiger partial charge in [-0.15, -0.1) is 0 Å². The number of carboxylic acid groups (broad SMARTS) is 3. The molecule has 2 heterocycles. The van der Waals surface area contributed by atoms with Crippen LogP contribution >= 0.6 is 0 Å². The molecule has 0 spiro atoms. The highest BCUT2D eigenvalue weighted by Crippen LogP contribution is 2.41. The first-order valence-corrected chi connectivity index (χ1v) is 14.5. The second kappa shape index (κ2) is 22.7. The molecule has 0 saturated heterocycles. The van der Waals surface area contributed by atoms with Gasteiger partial charge in [-0.25, -0.2) is 0 Å². The lowest BCUT2D eigenvalue weighted by Crippen LogP contribution is -1.93. The molecule has 10 nitrogen and oxygen atoms in total. The van der Waals surface area contributed by atoms with E-state index in [-0.39, 0.29) is 23.0 Å². The Labute approximate surface area is 248 Å². The SMILES string of the molecule is CC(=O)O.CC(=O)O.CC(=O)O.Oc1cc2cc(c1)Oc1c(O)cc(cc1O)CCCCCCCCCCCCCC2. The third kappa shape index (κ3) is 21.8. The van der Waals surface area contributed by atoms with Crippen molar-refractivity contribution in [2.75, 3.05) is 0 Å². The Morgan fingerprint density at radius 3 is 1.19 bits per heavy atom. The molecule has 236 valence electrons. The minimum Gasteiger partial charge on any atom is -0.508 e. The molecule has 0 unspecified atom stereocenters. The van der Waals surface area contributed by atoms with Crippen LogP contribution in [0.4, 0.5) is 0 Å². The predicted molar refractivity (Wildman–Crippen MR) is 161 cm³/mol. The zero-order valence-electron chi connectivity index (χ0n) is 25.1. The summed E-state index contributed by atoms with van der Waals surface area (Å²) in [7, 11) is 0. The van der Waals surface area contributed by atoms with Gasteiger partial charge in [0.1, 0.15) is 11.5 Å². The number of aliphatic carboxylic acids is 3. The number of ether oxygens (including phenoxy) is 1. The van der Waals surface area contributed by atoms with Crippen LogP contribution < -0.4 is 4.74 Å². The number of carboxylic acids is 3. The van der Waals surface area contributed by atoms with Crippen molar-refractivity contribution in [1.82, 2.24) is 0 Å². The average Bonchev–Trinajstić information content (AvgIpc) is 2.85. The van der Waals surface area contributed by atoms with E-state index >= 15 is 0 Å². The highest BCUT2D eigenvalue weighted by Gasteiger charge is 2.14. The molecule has 2 aliphatic rings. The molecule has 0 radical (unpaired) electrons. The maximum atomic E-state index is 10.4. The molecule has 2 aromatic rings. The normalized spacial score (nSPS) is 14.3. The number of benzene rings is 2. The summed E-state index contributed by atoms with van der Waals surface area (Å²) in [5, 5.41) is 53.1. The smallest absolute Gasteiger partial charge is 0.300 e. The zero-order chi connectivity index (χ0) is 31.9. The number of rotatable bonds is 0. The van der Waals surface area contributed by atoms with E-state index in [0.29, 0.717) is 5.75 Å². The summed E-state index contributed by atoms with van der Waals surface area (Å²) in [5.41, 5.74) is 1.92. The van der Waals surface area contributed by atoms with Crippen LogP contribution in [0.1, 0.15) is 109 Å². The van der Waals surface area contributed by atoms with E-state index < -0.39 is 17.9 Å². The molecule has 0 aromatic heterocycles. The monoisotopic (exact) mass is 592 g/mol. The molecule has 10 heteroatoms. The minimum atomic E-state index is -0.833. The van der Waals surface area contributed by atoms with Crippen molar-refractivity contribution in [3.05, 3.63) is 41.5 Å². The number of aryl methyl sites for hydroxylation is 2. The Morgan fingerprint density at radius 2 is 0.833 bits per heavy atom. The summed E-state index contributed by atoms with van der Waals surface area (Å²) >= 11 is 0. The highest BCUT2D eigenvalue weighted by atomic mass is 16.5. The lowest BCUT2D eigenvalue weighted by molar-refractivity contribution is -0.135. The number of hydrogen-bond donors (Lipinski definition) is 6. The molecule has 4 bridgehead atoms. The van der Waals surface area contributed by atoms with Crippen molar-refractivity contribution in [2.45, 2.75) is 111 Å². The Hall–Kier alpha value is -3.95. The van der Waals surface area contributed by atoms with E-state index in [9.17, 15) is 15.3 Å². The van der Waals surface area contributed by atoms with Gasteiger partial charge in [-0.3, -0.25) is 14.4 Å². The van der Waals surface area contributed by atoms with E-state index in [4.69, 9.17) is 34.4 Å². The fourth-order valence-corrected chi connectivity index (χ4v) is 4.29. The van der Waals surface area contributed by atoms with Gasteiger partial charge in [0.05, 0.1) is 0 Å². The van der Waals surface area contributed by atoms with Crippen molar-refractivity contribution in [2.24, 2.45) is 0 Å². The summed E-state index contributed by atoms with van der Waals surface area (Å²) in [6.45, 7) is 3.25. The lowest BCUT2D eigenvalue weighted by Gasteiger charge is -2.13. The fraction of sp³-hybridized carbons (Fsp3) is 0.531. The third-order valence-electron chi connectivity index (χ3n) is 5.96. The maximum Gasteiger partial charge on any atom is 0.300 e. The van der Waals surface area contributed by atoms with Gasteiger partial charge in [-0.2, -0.15) is 0 Å². The van der Waals surface area contributed by atoms with Gasteiger partial charge in [-0.05, 0) is 61.1 Å². The summed E-state index contributed by atoms with van der Waals surface area (Å²) in [6.07, 6.45) is 16.7.